The van der Waals surface area contributed by atoms with Gasteiger partial charge in [-0.05, 0) is 36.8 Å². The van der Waals surface area contributed by atoms with Crippen LogP contribution in [-0.4, -0.2) is 48.4 Å². The van der Waals surface area contributed by atoms with Gasteiger partial charge in [0.2, 0.25) is 10.0 Å². The van der Waals surface area contributed by atoms with E-state index in [2.05, 4.69) is 0 Å². The smallest absolute Gasteiger partial charge is 0.408 e. The normalized spacial score (nSPS) is 16.5. The molecule has 7 nitrogen and oxygen atoms in total. The van der Waals surface area contributed by atoms with E-state index in [-0.39, 0.29) is 28.0 Å². The standard InChI is InChI=1S/C19H19Cl2N3O4S/c1-13-5-6-16-15(11-13)24(19(25)28-16)12-22-7-9-23(10-8-22)29(26,27)17-4-2-3-14(20)18(17)21/h2-6,11H,7-10,12H2,1H3. The summed E-state index contributed by atoms with van der Waals surface area (Å²) < 4.78 is 34.1. The van der Waals surface area contributed by atoms with Crippen molar-refractivity contribution in [3.8, 4) is 0 Å². The number of benzene rings is 2. The van der Waals surface area contributed by atoms with E-state index >= 15 is 0 Å². The minimum atomic E-state index is -3.75. The molecular formula is C19H19Cl2N3O4S. The average Bonchev–Trinajstić information content (AvgIpc) is 2.99. The van der Waals surface area contributed by atoms with Crippen molar-refractivity contribution in [1.29, 1.82) is 0 Å². The molecule has 0 bridgehead atoms. The third-order valence-corrected chi connectivity index (χ3v) is 7.90. The van der Waals surface area contributed by atoms with Crippen LogP contribution < -0.4 is 5.76 Å². The number of halogens is 2. The Morgan fingerprint density at radius 2 is 1.79 bits per heavy atom. The van der Waals surface area contributed by atoms with Gasteiger partial charge in [0, 0.05) is 26.2 Å². The Morgan fingerprint density at radius 1 is 1.07 bits per heavy atom. The molecule has 1 aromatic heterocycles. The highest BCUT2D eigenvalue weighted by molar-refractivity contribution is 7.89. The lowest BCUT2D eigenvalue weighted by Crippen LogP contribution is -2.49. The Hall–Kier alpha value is -1.84. The van der Waals surface area contributed by atoms with Gasteiger partial charge in [-0.25, -0.2) is 13.2 Å². The molecule has 0 saturated carbocycles. The van der Waals surface area contributed by atoms with E-state index in [9.17, 15) is 13.2 Å². The molecule has 1 aliphatic rings. The summed E-state index contributed by atoms with van der Waals surface area (Å²) >= 11 is 12.1. The van der Waals surface area contributed by atoms with Crippen LogP contribution in [0.25, 0.3) is 11.1 Å². The van der Waals surface area contributed by atoms with Crippen LogP contribution in [0.3, 0.4) is 0 Å². The number of nitrogens with zero attached hydrogens (tertiary/aromatic N) is 3. The lowest BCUT2D eigenvalue weighted by molar-refractivity contribution is 0.150. The molecule has 2 heterocycles. The Labute approximate surface area is 178 Å². The Morgan fingerprint density at radius 3 is 2.52 bits per heavy atom. The first-order chi connectivity index (χ1) is 13.8. The van der Waals surface area contributed by atoms with E-state index in [1.165, 1.54) is 10.4 Å². The van der Waals surface area contributed by atoms with E-state index in [4.69, 9.17) is 27.6 Å². The molecule has 0 aliphatic carbocycles. The molecule has 10 heteroatoms. The Bertz CT molecular complexity index is 1230. The van der Waals surface area contributed by atoms with Gasteiger partial charge >= 0.3 is 5.76 Å². The molecular weight excluding hydrogens is 437 g/mol. The minimum Gasteiger partial charge on any atom is -0.408 e. The topological polar surface area (TPSA) is 75.8 Å². The molecule has 1 aliphatic heterocycles. The van der Waals surface area contributed by atoms with Crippen molar-refractivity contribution in [3.05, 3.63) is 62.6 Å². The fourth-order valence-electron chi connectivity index (χ4n) is 3.44. The van der Waals surface area contributed by atoms with Gasteiger partial charge in [-0.1, -0.05) is 35.3 Å². The quantitative estimate of drug-likeness (QED) is 0.603. The van der Waals surface area contributed by atoms with Crippen LogP contribution in [0.2, 0.25) is 10.0 Å². The van der Waals surface area contributed by atoms with Gasteiger partial charge < -0.3 is 4.42 Å². The van der Waals surface area contributed by atoms with Gasteiger partial charge in [-0.15, -0.1) is 0 Å². The summed E-state index contributed by atoms with van der Waals surface area (Å²) in [6.07, 6.45) is 0. The fraction of sp³-hybridized carbons (Fsp3) is 0.316. The first kappa shape index (κ1) is 20.4. The van der Waals surface area contributed by atoms with Crippen molar-refractivity contribution in [2.45, 2.75) is 18.5 Å². The molecule has 1 fully saturated rings. The Kier molecular flexibility index (Phi) is 5.48. The highest BCUT2D eigenvalue weighted by Gasteiger charge is 2.31. The second kappa shape index (κ2) is 7.77. The number of aryl methyl sites for hydroxylation is 1. The van der Waals surface area contributed by atoms with E-state index in [1.807, 2.05) is 24.0 Å². The number of hydrogen-bond acceptors (Lipinski definition) is 5. The average molecular weight is 456 g/mol. The van der Waals surface area contributed by atoms with E-state index in [0.29, 0.717) is 25.3 Å². The van der Waals surface area contributed by atoms with Crippen molar-refractivity contribution in [2.75, 3.05) is 26.2 Å². The van der Waals surface area contributed by atoms with Gasteiger partial charge in [0.1, 0.15) is 4.90 Å². The van der Waals surface area contributed by atoms with Crippen LogP contribution >= 0.6 is 23.2 Å². The van der Waals surface area contributed by atoms with Crippen LogP contribution in [0.15, 0.2) is 50.5 Å². The van der Waals surface area contributed by atoms with Crippen molar-refractivity contribution in [3.63, 3.8) is 0 Å². The number of fused-ring (bicyclic) bond motifs is 1. The predicted octanol–water partition coefficient (Wildman–Crippen LogP) is 3.17. The number of piperazine rings is 1. The number of rotatable bonds is 4. The lowest BCUT2D eigenvalue weighted by atomic mass is 10.2. The summed E-state index contributed by atoms with van der Waals surface area (Å²) in [5.41, 5.74) is 2.30. The number of oxazole rings is 1. The van der Waals surface area contributed by atoms with Gasteiger partial charge in [-0.3, -0.25) is 9.47 Å². The SMILES string of the molecule is Cc1ccc2oc(=O)n(CN3CCN(S(=O)(=O)c4cccc(Cl)c4Cl)CC3)c2c1. The molecule has 4 rings (SSSR count). The highest BCUT2D eigenvalue weighted by atomic mass is 35.5. The van der Waals surface area contributed by atoms with E-state index in [1.54, 1.807) is 22.8 Å². The van der Waals surface area contributed by atoms with Crippen molar-refractivity contribution < 1.29 is 12.8 Å². The van der Waals surface area contributed by atoms with Crippen LogP contribution in [0.1, 0.15) is 5.56 Å². The molecule has 0 N–H and O–H groups in total. The monoisotopic (exact) mass is 455 g/mol. The second-order valence-corrected chi connectivity index (χ2v) is 9.67. The Balaban J connectivity index is 1.50. The van der Waals surface area contributed by atoms with Crippen LogP contribution in [-0.2, 0) is 16.7 Å². The maximum Gasteiger partial charge on any atom is 0.421 e. The third kappa shape index (κ3) is 3.83. The van der Waals surface area contributed by atoms with Crippen LogP contribution in [0.4, 0.5) is 0 Å². The first-order valence-electron chi connectivity index (χ1n) is 9.04. The zero-order valence-electron chi connectivity index (χ0n) is 15.6. The lowest BCUT2D eigenvalue weighted by Gasteiger charge is -2.34. The summed E-state index contributed by atoms with van der Waals surface area (Å²) in [6.45, 7) is 3.81. The zero-order chi connectivity index (χ0) is 20.8. The summed E-state index contributed by atoms with van der Waals surface area (Å²) in [5.74, 6) is -0.425. The summed E-state index contributed by atoms with van der Waals surface area (Å²) in [7, 11) is -3.75. The third-order valence-electron chi connectivity index (χ3n) is 5.03. The van der Waals surface area contributed by atoms with Crippen LogP contribution in [0, 0.1) is 6.92 Å². The molecule has 0 amide bonds. The van der Waals surface area contributed by atoms with Crippen molar-refractivity contribution in [2.24, 2.45) is 0 Å². The molecule has 2 aromatic carbocycles. The predicted molar refractivity (Wildman–Crippen MR) is 112 cm³/mol. The fourth-order valence-corrected chi connectivity index (χ4v) is 5.60. The zero-order valence-corrected chi connectivity index (χ0v) is 18.0. The molecule has 1 saturated heterocycles. The van der Waals surface area contributed by atoms with Gasteiger partial charge in [0.15, 0.2) is 5.58 Å². The molecule has 0 spiro atoms. The van der Waals surface area contributed by atoms with E-state index in [0.717, 1.165) is 11.1 Å². The van der Waals surface area contributed by atoms with Crippen LogP contribution in [0.5, 0.6) is 0 Å². The maximum absolute atomic E-state index is 12.9. The molecule has 0 unspecified atom stereocenters. The van der Waals surface area contributed by atoms with Gasteiger partial charge in [-0.2, -0.15) is 4.31 Å². The highest BCUT2D eigenvalue weighted by Crippen LogP contribution is 2.31. The van der Waals surface area contributed by atoms with Gasteiger partial charge in [0.05, 0.1) is 22.2 Å². The first-order valence-corrected chi connectivity index (χ1v) is 11.2. The molecule has 154 valence electrons. The molecule has 0 atom stereocenters. The van der Waals surface area contributed by atoms with E-state index < -0.39 is 15.8 Å². The van der Waals surface area contributed by atoms with Crippen molar-refractivity contribution >= 4 is 44.3 Å². The maximum atomic E-state index is 12.9. The summed E-state index contributed by atoms with van der Waals surface area (Å²) in [5, 5.41) is 0.233. The van der Waals surface area contributed by atoms with Gasteiger partial charge in [0.25, 0.3) is 0 Å². The van der Waals surface area contributed by atoms with Crippen molar-refractivity contribution in [1.82, 2.24) is 13.8 Å². The summed E-state index contributed by atoms with van der Waals surface area (Å²) in [6, 6.07) is 10.1. The molecule has 0 radical (unpaired) electrons. The molecule has 3 aromatic rings. The largest absolute Gasteiger partial charge is 0.421 e. The minimum absolute atomic E-state index is 0.00707. The number of aromatic nitrogens is 1. The number of sulfonamides is 1. The number of hydrogen-bond donors (Lipinski definition) is 0. The summed E-state index contributed by atoms with van der Waals surface area (Å²) in [4.78, 5) is 14.3. The second-order valence-electron chi connectivity index (χ2n) is 6.98. The molecule has 29 heavy (non-hydrogen) atoms.